The van der Waals surface area contributed by atoms with Crippen molar-refractivity contribution in [3.63, 3.8) is 0 Å². The van der Waals surface area contributed by atoms with Crippen LogP contribution in [0.1, 0.15) is 49.4 Å². The van der Waals surface area contributed by atoms with Crippen LogP contribution in [-0.2, 0) is 13.5 Å². The molecule has 1 atom stereocenters. The van der Waals surface area contributed by atoms with Crippen LogP contribution in [0.3, 0.4) is 0 Å². The molecule has 35 heavy (non-hydrogen) atoms. The number of thiazole rings is 1. The molecule has 0 aliphatic carbocycles. The molecule has 0 saturated carbocycles. The standard InChI is InChI=1S/C24H24N8O2S/c1-13-15(16-6-4-5-7-18(16)30-13)8-9-25-22(33)19-11-26-24(35-19)14(2)31-23(34)20-17-10-29-32(3)21(17)28-12-27-20/h4-7,10-12,14,30H,8-9H2,1-3H3,(H,25,33)(H,31,34). The molecular formula is C24H24N8O2S. The molecule has 2 amide bonds. The minimum atomic E-state index is -0.399. The summed E-state index contributed by atoms with van der Waals surface area (Å²) in [6.07, 6.45) is 5.17. The van der Waals surface area contributed by atoms with Gasteiger partial charge >= 0.3 is 0 Å². The van der Waals surface area contributed by atoms with E-state index in [1.807, 2.05) is 32.0 Å². The molecular weight excluding hydrogens is 464 g/mol. The Hall–Kier alpha value is -4.12. The first kappa shape index (κ1) is 22.7. The van der Waals surface area contributed by atoms with Crippen LogP contribution in [0.5, 0.6) is 0 Å². The number of carbonyl (C=O) groups excluding carboxylic acids is 2. The van der Waals surface area contributed by atoms with Gasteiger partial charge in [-0.3, -0.25) is 14.3 Å². The maximum atomic E-state index is 12.8. The Bertz CT molecular complexity index is 1550. The van der Waals surface area contributed by atoms with E-state index in [0.29, 0.717) is 27.5 Å². The molecule has 11 heteroatoms. The van der Waals surface area contributed by atoms with Gasteiger partial charge in [0.05, 0.1) is 23.8 Å². The summed E-state index contributed by atoms with van der Waals surface area (Å²) in [4.78, 5) is 42.0. The van der Waals surface area contributed by atoms with E-state index in [1.54, 1.807) is 24.1 Å². The summed E-state index contributed by atoms with van der Waals surface area (Å²) < 4.78 is 1.59. The number of carbonyl (C=O) groups is 2. The number of rotatable bonds is 7. The van der Waals surface area contributed by atoms with E-state index in [-0.39, 0.29) is 17.5 Å². The van der Waals surface area contributed by atoms with Crippen LogP contribution in [-0.4, -0.2) is 48.1 Å². The molecule has 178 valence electrons. The van der Waals surface area contributed by atoms with Gasteiger partial charge in [-0.15, -0.1) is 11.3 Å². The molecule has 0 saturated heterocycles. The molecule has 0 aliphatic rings. The minimum Gasteiger partial charge on any atom is -0.358 e. The van der Waals surface area contributed by atoms with Crippen molar-refractivity contribution < 1.29 is 9.59 Å². The first-order valence-electron chi connectivity index (χ1n) is 11.2. The van der Waals surface area contributed by atoms with Crippen LogP contribution in [0.25, 0.3) is 21.9 Å². The van der Waals surface area contributed by atoms with Gasteiger partial charge in [-0.2, -0.15) is 5.10 Å². The van der Waals surface area contributed by atoms with Crippen LogP contribution in [0.2, 0.25) is 0 Å². The van der Waals surface area contributed by atoms with E-state index >= 15 is 0 Å². The van der Waals surface area contributed by atoms with Crippen molar-refractivity contribution in [3.05, 3.63) is 69.8 Å². The Labute approximate surface area is 204 Å². The average Bonchev–Trinajstić information content (AvgIpc) is 3.57. The third-order valence-electron chi connectivity index (χ3n) is 5.90. The topological polar surface area (TPSA) is 130 Å². The van der Waals surface area contributed by atoms with Crippen molar-refractivity contribution in [3.8, 4) is 0 Å². The van der Waals surface area contributed by atoms with E-state index in [0.717, 1.165) is 17.6 Å². The number of amides is 2. The molecule has 1 unspecified atom stereocenters. The van der Waals surface area contributed by atoms with E-state index < -0.39 is 6.04 Å². The van der Waals surface area contributed by atoms with Crippen LogP contribution < -0.4 is 10.6 Å². The van der Waals surface area contributed by atoms with Crippen LogP contribution >= 0.6 is 11.3 Å². The number of nitrogens with zero attached hydrogens (tertiary/aromatic N) is 5. The third-order valence-corrected chi connectivity index (χ3v) is 7.08. The summed E-state index contributed by atoms with van der Waals surface area (Å²) >= 11 is 1.25. The highest BCUT2D eigenvalue weighted by atomic mass is 32.1. The van der Waals surface area contributed by atoms with Crippen LogP contribution in [0, 0.1) is 6.92 Å². The Kier molecular flexibility index (Phi) is 6.00. The molecule has 0 spiro atoms. The summed E-state index contributed by atoms with van der Waals surface area (Å²) in [6.45, 7) is 4.37. The number of para-hydroxylation sites is 1. The Morgan fingerprint density at radius 1 is 1.11 bits per heavy atom. The molecule has 10 nitrogen and oxygen atoms in total. The first-order valence-corrected chi connectivity index (χ1v) is 12.0. The lowest BCUT2D eigenvalue weighted by atomic mass is 10.1. The van der Waals surface area contributed by atoms with Gasteiger partial charge in [0.1, 0.15) is 21.9 Å². The second-order valence-corrected chi connectivity index (χ2v) is 9.33. The number of aryl methyl sites for hydroxylation is 2. The number of aromatic amines is 1. The fourth-order valence-corrected chi connectivity index (χ4v) is 4.94. The summed E-state index contributed by atoms with van der Waals surface area (Å²) in [5.74, 6) is -0.536. The molecule has 5 rings (SSSR count). The molecule has 0 fully saturated rings. The van der Waals surface area contributed by atoms with Gasteiger partial charge < -0.3 is 15.6 Å². The second-order valence-electron chi connectivity index (χ2n) is 8.27. The van der Waals surface area contributed by atoms with Gasteiger partial charge in [0.2, 0.25) is 0 Å². The SMILES string of the molecule is Cc1[nH]c2ccccc2c1CCNC(=O)c1cnc(C(C)NC(=O)c2ncnc3c2cnn3C)s1. The lowest BCUT2D eigenvalue weighted by Crippen LogP contribution is -2.27. The van der Waals surface area contributed by atoms with Crippen LogP contribution in [0.15, 0.2) is 43.0 Å². The van der Waals surface area contributed by atoms with E-state index in [2.05, 4.69) is 41.7 Å². The predicted octanol–water partition coefficient (Wildman–Crippen LogP) is 3.07. The molecule has 4 aromatic heterocycles. The van der Waals surface area contributed by atoms with Gasteiger partial charge in [0, 0.05) is 30.2 Å². The number of aromatic nitrogens is 6. The van der Waals surface area contributed by atoms with Gasteiger partial charge in [-0.25, -0.2) is 15.0 Å². The Morgan fingerprint density at radius 3 is 2.80 bits per heavy atom. The van der Waals surface area contributed by atoms with Crippen molar-refractivity contribution in [2.75, 3.05) is 6.54 Å². The Balaban J connectivity index is 1.20. The van der Waals surface area contributed by atoms with E-state index in [9.17, 15) is 9.59 Å². The van der Waals surface area contributed by atoms with Crippen molar-refractivity contribution in [2.24, 2.45) is 7.05 Å². The first-order chi connectivity index (χ1) is 16.9. The lowest BCUT2D eigenvalue weighted by Gasteiger charge is -2.11. The zero-order chi connectivity index (χ0) is 24.5. The number of fused-ring (bicyclic) bond motifs is 2. The highest BCUT2D eigenvalue weighted by Crippen LogP contribution is 2.23. The molecule has 1 aromatic carbocycles. The van der Waals surface area contributed by atoms with Crippen molar-refractivity contribution in [1.82, 2.24) is 40.3 Å². The molecule has 0 aliphatic heterocycles. The van der Waals surface area contributed by atoms with Gasteiger partial charge in [0.15, 0.2) is 5.65 Å². The highest BCUT2D eigenvalue weighted by molar-refractivity contribution is 7.13. The van der Waals surface area contributed by atoms with Gasteiger partial charge in [-0.05, 0) is 31.9 Å². The van der Waals surface area contributed by atoms with Crippen molar-refractivity contribution >= 4 is 45.1 Å². The zero-order valence-electron chi connectivity index (χ0n) is 19.5. The number of hydrogen-bond donors (Lipinski definition) is 3. The van der Waals surface area contributed by atoms with E-state index in [1.165, 1.54) is 28.6 Å². The average molecular weight is 489 g/mol. The maximum Gasteiger partial charge on any atom is 0.271 e. The summed E-state index contributed by atoms with van der Waals surface area (Å²) in [7, 11) is 1.75. The summed E-state index contributed by atoms with van der Waals surface area (Å²) in [5.41, 5.74) is 4.23. The minimum absolute atomic E-state index is 0.183. The highest BCUT2D eigenvalue weighted by Gasteiger charge is 2.20. The molecule has 0 radical (unpaired) electrons. The fraction of sp³-hybridized carbons (Fsp3) is 0.250. The van der Waals surface area contributed by atoms with Crippen molar-refractivity contribution in [2.45, 2.75) is 26.3 Å². The van der Waals surface area contributed by atoms with Gasteiger partial charge in [-0.1, -0.05) is 18.2 Å². The molecule has 4 heterocycles. The number of benzene rings is 1. The summed E-state index contributed by atoms with van der Waals surface area (Å²) in [6, 6.07) is 7.75. The molecule has 5 aromatic rings. The Morgan fingerprint density at radius 2 is 1.94 bits per heavy atom. The number of hydrogen-bond acceptors (Lipinski definition) is 7. The molecule has 0 bridgehead atoms. The predicted molar refractivity (Wildman–Crippen MR) is 133 cm³/mol. The molecule has 3 N–H and O–H groups in total. The second kappa shape index (κ2) is 9.26. The van der Waals surface area contributed by atoms with Gasteiger partial charge in [0.25, 0.3) is 11.8 Å². The lowest BCUT2D eigenvalue weighted by molar-refractivity contribution is 0.0933. The maximum absolute atomic E-state index is 12.8. The summed E-state index contributed by atoms with van der Waals surface area (Å²) in [5, 5.41) is 12.4. The smallest absolute Gasteiger partial charge is 0.271 e. The number of H-pyrrole nitrogens is 1. The largest absolute Gasteiger partial charge is 0.358 e. The number of nitrogens with one attached hydrogen (secondary N) is 3. The quantitative estimate of drug-likeness (QED) is 0.323. The normalized spacial score (nSPS) is 12.2. The van der Waals surface area contributed by atoms with E-state index in [4.69, 9.17) is 0 Å². The fourth-order valence-electron chi connectivity index (χ4n) is 4.11. The van der Waals surface area contributed by atoms with Crippen LogP contribution in [0.4, 0.5) is 0 Å². The zero-order valence-corrected chi connectivity index (χ0v) is 20.3. The monoisotopic (exact) mass is 488 g/mol. The van der Waals surface area contributed by atoms with Crippen molar-refractivity contribution in [1.29, 1.82) is 0 Å². The third kappa shape index (κ3) is 4.37.